The molecule has 0 saturated heterocycles. The minimum Gasteiger partial charge on any atom is -0.392 e. The lowest BCUT2D eigenvalue weighted by atomic mass is 10.2. The van der Waals surface area contributed by atoms with Gasteiger partial charge in [-0.25, -0.2) is 8.42 Å². The number of hydrogen-bond donors (Lipinski definition) is 1. The van der Waals surface area contributed by atoms with Gasteiger partial charge in [-0.3, -0.25) is 0 Å². The average molecular weight is 325 g/mol. The second-order valence-corrected chi connectivity index (χ2v) is 7.95. The van der Waals surface area contributed by atoms with Gasteiger partial charge >= 0.3 is 0 Å². The number of benzene rings is 1. The van der Waals surface area contributed by atoms with Crippen LogP contribution in [0, 0.1) is 0 Å². The Labute approximate surface area is 129 Å². The molecule has 21 heavy (non-hydrogen) atoms. The Balaban J connectivity index is 2.13. The van der Waals surface area contributed by atoms with E-state index in [4.69, 9.17) is 5.11 Å². The number of aliphatic hydroxyl groups excluding tert-OH is 1. The van der Waals surface area contributed by atoms with Crippen molar-refractivity contribution in [2.75, 3.05) is 7.05 Å². The molecule has 1 atom stereocenters. The number of hydrogen-bond acceptors (Lipinski definition) is 4. The van der Waals surface area contributed by atoms with E-state index in [9.17, 15) is 8.42 Å². The first-order chi connectivity index (χ1) is 9.94. The first-order valence-corrected chi connectivity index (χ1v) is 9.10. The fourth-order valence-electron chi connectivity index (χ4n) is 2.00. The van der Waals surface area contributed by atoms with Gasteiger partial charge in [-0.05, 0) is 29.5 Å². The first kappa shape index (κ1) is 16.2. The summed E-state index contributed by atoms with van der Waals surface area (Å²) in [4.78, 5) is 1.02. The van der Waals surface area contributed by atoms with E-state index in [2.05, 4.69) is 0 Å². The molecule has 0 aliphatic carbocycles. The van der Waals surface area contributed by atoms with Gasteiger partial charge in [-0.1, -0.05) is 30.3 Å². The number of thiophene rings is 1. The summed E-state index contributed by atoms with van der Waals surface area (Å²) in [7, 11) is -1.77. The van der Waals surface area contributed by atoms with Crippen molar-refractivity contribution in [3.8, 4) is 0 Å². The summed E-state index contributed by atoms with van der Waals surface area (Å²) in [5, 5.41) is 10.9. The van der Waals surface area contributed by atoms with Crippen LogP contribution in [0.4, 0.5) is 0 Å². The summed E-state index contributed by atoms with van der Waals surface area (Å²) < 4.78 is 26.4. The van der Waals surface area contributed by atoms with E-state index >= 15 is 0 Å². The molecule has 4 nitrogen and oxygen atoms in total. The highest BCUT2D eigenvalue weighted by molar-refractivity contribution is 7.88. The quantitative estimate of drug-likeness (QED) is 0.888. The number of aliphatic hydroxyl groups is 1. The Morgan fingerprint density at radius 3 is 2.33 bits per heavy atom. The molecule has 1 N–H and O–H groups in total. The van der Waals surface area contributed by atoms with Gasteiger partial charge < -0.3 is 5.11 Å². The maximum Gasteiger partial charge on any atom is 0.218 e. The van der Waals surface area contributed by atoms with Crippen LogP contribution in [0.5, 0.6) is 0 Å². The summed E-state index contributed by atoms with van der Waals surface area (Å²) in [6.07, 6.45) is 0. The highest BCUT2D eigenvalue weighted by Gasteiger charge is 2.25. The normalized spacial score (nSPS) is 13.5. The van der Waals surface area contributed by atoms with Gasteiger partial charge in [-0.2, -0.15) is 4.31 Å². The lowest BCUT2D eigenvalue weighted by Gasteiger charge is -2.23. The van der Waals surface area contributed by atoms with Crippen molar-refractivity contribution >= 4 is 21.4 Å². The smallest absolute Gasteiger partial charge is 0.218 e. The average Bonchev–Trinajstić information content (AvgIpc) is 3.00. The monoisotopic (exact) mass is 325 g/mol. The van der Waals surface area contributed by atoms with Crippen LogP contribution in [0.1, 0.15) is 29.0 Å². The number of sulfonamides is 1. The van der Waals surface area contributed by atoms with Crippen molar-refractivity contribution in [2.45, 2.75) is 25.3 Å². The summed E-state index contributed by atoms with van der Waals surface area (Å²) in [5.74, 6) is -0.0368. The summed E-state index contributed by atoms with van der Waals surface area (Å²) in [5.41, 5.74) is 1.49. The van der Waals surface area contributed by atoms with Gasteiger partial charge in [0.05, 0.1) is 18.4 Å². The zero-order chi connectivity index (χ0) is 15.5. The Morgan fingerprint density at radius 1 is 1.19 bits per heavy atom. The molecule has 2 rings (SSSR count). The lowest BCUT2D eigenvalue weighted by Crippen LogP contribution is -2.30. The third-order valence-electron chi connectivity index (χ3n) is 3.49. The van der Waals surface area contributed by atoms with Crippen molar-refractivity contribution in [3.05, 3.63) is 57.8 Å². The molecule has 0 radical (unpaired) electrons. The Hall–Kier alpha value is -1.21. The maximum absolute atomic E-state index is 12.5. The molecule has 0 fully saturated rings. The van der Waals surface area contributed by atoms with Gasteiger partial charge in [-0.15, -0.1) is 11.3 Å². The Bertz CT molecular complexity index is 663. The van der Waals surface area contributed by atoms with E-state index in [1.807, 2.05) is 24.4 Å². The molecule has 1 aromatic heterocycles. The molecule has 0 bridgehead atoms. The highest BCUT2D eigenvalue weighted by atomic mass is 32.2. The number of rotatable bonds is 6. The predicted octanol–water partition coefficient (Wildman–Crippen LogP) is 2.76. The molecular weight excluding hydrogens is 306 g/mol. The third kappa shape index (κ3) is 3.91. The predicted molar refractivity (Wildman–Crippen MR) is 85.5 cm³/mol. The number of nitrogens with zero attached hydrogens (tertiary/aromatic N) is 1. The van der Waals surface area contributed by atoms with Crippen molar-refractivity contribution < 1.29 is 13.5 Å². The van der Waals surface area contributed by atoms with Gasteiger partial charge in [0.2, 0.25) is 10.0 Å². The zero-order valence-electron chi connectivity index (χ0n) is 12.1. The van der Waals surface area contributed by atoms with Gasteiger partial charge in [0.25, 0.3) is 0 Å². The van der Waals surface area contributed by atoms with E-state index in [1.165, 1.54) is 4.31 Å². The topological polar surface area (TPSA) is 57.6 Å². The van der Waals surface area contributed by atoms with E-state index in [0.717, 1.165) is 16.0 Å². The van der Waals surface area contributed by atoms with Crippen LogP contribution in [0.2, 0.25) is 0 Å². The Kier molecular flexibility index (Phi) is 5.16. The van der Waals surface area contributed by atoms with Gasteiger partial charge in [0.15, 0.2) is 0 Å². The summed E-state index contributed by atoms with van der Waals surface area (Å²) >= 11 is 1.55. The minimum atomic E-state index is -3.38. The van der Waals surface area contributed by atoms with E-state index in [1.54, 1.807) is 42.6 Å². The van der Waals surface area contributed by atoms with Crippen LogP contribution in [-0.4, -0.2) is 24.9 Å². The molecule has 6 heteroatoms. The first-order valence-electron chi connectivity index (χ1n) is 6.62. The largest absolute Gasteiger partial charge is 0.392 e. The summed E-state index contributed by atoms with van der Waals surface area (Å²) in [6, 6.07) is 10.7. The molecule has 1 aromatic carbocycles. The molecule has 1 heterocycles. The standard InChI is InChI=1S/C15H19NO3S2/c1-12(15-4-3-9-20-15)16(2)21(18,19)11-14-7-5-13(10-17)6-8-14/h3-9,12,17H,10-11H2,1-2H3. The van der Waals surface area contributed by atoms with Crippen LogP contribution in [0.3, 0.4) is 0 Å². The van der Waals surface area contributed by atoms with Crippen LogP contribution < -0.4 is 0 Å². The molecule has 2 aromatic rings. The molecule has 0 amide bonds. The fourth-order valence-corrected chi connectivity index (χ4v) is 4.31. The third-order valence-corrected chi connectivity index (χ3v) is 6.43. The molecular formula is C15H19NO3S2. The molecule has 0 aliphatic heterocycles. The lowest BCUT2D eigenvalue weighted by molar-refractivity contribution is 0.282. The highest BCUT2D eigenvalue weighted by Crippen LogP contribution is 2.26. The van der Waals surface area contributed by atoms with Crippen LogP contribution in [0.25, 0.3) is 0 Å². The zero-order valence-corrected chi connectivity index (χ0v) is 13.7. The van der Waals surface area contributed by atoms with E-state index in [-0.39, 0.29) is 18.4 Å². The van der Waals surface area contributed by atoms with Crippen LogP contribution in [0.15, 0.2) is 41.8 Å². The van der Waals surface area contributed by atoms with Crippen molar-refractivity contribution in [1.82, 2.24) is 4.31 Å². The molecule has 114 valence electrons. The van der Waals surface area contributed by atoms with E-state index < -0.39 is 10.0 Å². The van der Waals surface area contributed by atoms with Crippen molar-refractivity contribution in [2.24, 2.45) is 0 Å². The van der Waals surface area contributed by atoms with E-state index in [0.29, 0.717) is 0 Å². The molecule has 0 saturated carbocycles. The fraction of sp³-hybridized carbons (Fsp3) is 0.333. The van der Waals surface area contributed by atoms with Crippen molar-refractivity contribution in [3.63, 3.8) is 0 Å². The second-order valence-electron chi connectivity index (χ2n) is 4.94. The molecule has 0 aliphatic rings. The minimum absolute atomic E-state index is 0.0368. The van der Waals surface area contributed by atoms with Gasteiger partial charge in [0, 0.05) is 11.9 Å². The maximum atomic E-state index is 12.5. The Morgan fingerprint density at radius 2 is 1.81 bits per heavy atom. The SMILES string of the molecule is CC(c1cccs1)N(C)S(=O)(=O)Cc1ccc(CO)cc1. The van der Waals surface area contributed by atoms with Gasteiger partial charge in [0.1, 0.15) is 0 Å². The van der Waals surface area contributed by atoms with Crippen molar-refractivity contribution in [1.29, 1.82) is 0 Å². The molecule has 0 spiro atoms. The summed E-state index contributed by atoms with van der Waals surface area (Å²) in [6.45, 7) is 1.85. The van der Waals surface area contributed by atoms with Crippen LogP contribution in [-0.2, 0) is 22.4 Å². The second kappa shape index (κ2) is 6.70. The molecule has 1 unspecified atom stereocenters. The van der Waals surface area contributed by atoms with Crippen LogP contribution >= 0.6 is 11.3 Å².